The molecule has 5 N–H and O–H groups in total. The first kappa shape index (κ1) is 38.4. The lowest BCUT2D eigenvalue weighted by molar-refractivity contribution is -0.283. The van der Waals surface area contributed by atoms with E-state index in [4.69, 9.17) is 19.4 Å². The predicted octanol–water partition coefficient (Wildman–Crippen LogP) is 6.32. The molecular weight excluding hydrogens is 696 g/mol. The SMILES string of the molecule is [B]C(O)(F)C(O)(O)N(C)c1cc(Nc2nc(C)nc3c(C(F)(F)F)cc(F)cc23)c(C(NC)c2cc(F)ccc2Cl)c(C=C)c1N(C=C)CF. The minimum atomic E-state index is -5.04. The number of alkyl halides is 5. The Morgan fingerprint density at radius 2 is 1.70 bits per heavy atom. The lowest BCUT2D eigenvalue weighted by atomic mass is 9.88. The van der Waals surface area contributed by atoms with Crippen molar-refractivity contribution >= 4 is 59.3 Å². The lowest BCUT2D eigenvalue weighted by Gasteiger charge is -2.42. The van der Waals surface area contributed by atoms with Crippen molar-refractivity contribution in [1.82, 2.24) is 15.3 Å². The summed E-state index contributed by atoms with van der Waals surface area (Å²) >= 11 is 6.49. The van der Waals surface area contributed by atoms with Crippen LogP contribution in [0.3, 0.4) is 0 Å². The monoisotopic (exact) mass is 724 g/mol. The standard InChI is InChI=1S/C32H29BClF7N6O3/c1-6-18-25(27(42-4)19-10-16(36)8-9-22(19)34)23(13-24(28(18)47(7-2)14-35)46(5)32(49,50)31(33,41)48)45-29-20-11-17(37)12-21(30(38,39)40)26(20)43-15(3)44-29/h6-13,27,42,48-50H,1-2,14H2,3-5H3,(H,43,44,45). The first-order valence-corrected chi connectivity index (χ1v) is 14.7. The Bertz CT molecular complexity index is 1960. The number of hydrogen-bond acceptors (Lipinski definition) is 9. The summed E-state index contributed by atoms with van der Waals surface area (Å²) in [5.74, 6) is -10.7. The number of nitrogens with one attached hydrogen (secondary N) is 2. The van der Waals surface area contributed by atoms with Crippen LogP contribution in [0.4, 0.5) is 53.6 Å². The van der Waals surface area contributed by atoms with Crippen LogP contribution in [0.2, 0.25) is 5.02 Å². The summed E-state index contributed by atoms with van der Waals surface area (Å²) in [5, 5.41) is 36.5. The molecule has 18 heteroatoms. The molecule has 264 valence electrons. The normalized spacial score (nSPS) is 13.9. The predicted molar refractivity (Wildman–Crippen MR) is 177 cm³/mol. The number of aromatic nitrogens is 2. The molecule has 0 aliphatic heterocycles. The lowest BCUT2D eigenvalue weighted by Crippen LogP contribution is -2.62. The van der Waals surface area contributed by atoms with Crippen LogP contribution in [0, 0.1) is 18.6 Å². The van der Waals surface area contributed by atoms with Crippen molar-refractivity contribution in [2.24, 2.45) is 0 Å². The summed E-state index contributed by atoms with van der Waals surface area (Å²) in [6, 6.07) is 4.27. The molecule has 0 spiro atoms. The minimum Gasteiger partial charge on any atom is -0.364 e. The molecule has 0 aliphatic carbocycles. The highest BCUT2D eigenvalue weighted by Crippen LogP contribution is 2.48. The van der Waals surface area contributed by atoms with E-state index in [2.05, 4.69) is 33.8 Å². The summed E-state index contributed by atoms with van der Waals surface area (Å²) in [5.41, 5.74) is -3.08. The van der Waals surface area contributed by atoms with Gasteiger partial charge in [0.2, 0.25) is 5.75 Å². The zero-order valence-electron chi connectivity index (χ0n) is 26.5. The Labute approximate surface area is 287 Å². The van der Waals surface area contributed by atoms with E-state index >= 15 is 0 Å². The van der Waals surface area contributed by atoms with Gasteiger partial charge in [0.15, 0.2) is 14.6 Å². The number of aliphatic hydroxyl groups is 3. The van der Waals surface area contributed by atoms with E-state index in [0.29, 0.717) is 4.90 Å². The van der Waals surface area contributed by atoms with Gasteiger partial charge in [0.05, 0.1) is 28.5 Å². The molecule has 50 heavy (non-hydrogen) atoms. The molecule has 0 bridgehead atoms. The topological polar surface area (TPSA) is 117 Å². The molecule has 9 nitrogen and oxygen atoms in total. The molecular formula is C32H29BClF7N6O3. The number of anilines is 4. The fourth-order valence-corrected chi connectivity index (χ4v) is 5.64. The molecule has 0 saturated heterocycles. The highest BCUT2D eigenvalue weighted by atomic mass is 35.5. The first-order chi connectivity index (χ1) is 23.2. The number of hydrogen-bond donors (Lipinski definition) is 5. The molecule has 2 radical (unpaired) electrons. The number of benzene rings is 3. The van der Waals surface area contributed by atoms with E-state index in [9.17, 15) is 46.1 Å². The Kier molecular flexibility index (Phi) is 10.8. The maximum Gasteiger partial charge on any atom is 0.418 e. The number of nitrogens with zero attached hydrogens (tertiary/aromatic N) is 4. The molecule has 1 aromatic heterocycles. The highest BCUT2D eigenvalue weighted by Gasteiger charge is 2.49. The van der Waals surface area contributed by atoms with Crippen LogP contribution in [0.25, 0.3) is 17.0 Å². The van der Waals surface area contributed by atoms with E-state index in [1.807, 2.05) is 0 Å². The van der Waals surface area contributed by atoms with Gasteiger partial charge in [-0.15, -0.1) is 0 Å². The van der Waals surface area contributed by atoms with Crippen molar-refractivity contribution in [1.29, 1.82) is 0 Å². The van der Waals surface area contributed by atoms with Gasteiger partial charge in [-0.05, 0) is 62.1 Å². The van der Waals surface area contributed by atoms with Gasteiger partial charge in [-0.3, -0.25) is 0 Å². The average Bonchev–Trinajstić information content (AvgIpc) is 3.02. The van der Waals surface area contributed by atoms with Crippen molar-refractivity contribution in [2.45, 2.75) is 30.8 Å². The maximum atomic E-state index is 14.7. The Morgan fingerprint density at radius 1 is 1.04 bits per heavy atom. The van der Waals surface area contributed by atoms with Crippen LogP contribution < -0.4 is 20.4 Å². The van der Waals surface area contributed by atoms with Crippen LogP contribution in [0.1, 0.15) is 34.1 Å². The van der Waals surface area contributed by atoms with Gasteiger partial charge in [0, 0.05) is 34.3 Å². The van der Waals surface area contributed by atoms with E-state index in [0.717, 1.165) is 48.5 Å². The third kappa shape index (κ3) is 7.09. The van der Waals surface area contributed by atoms with Gasteiger partial charge in [-0.2, -0.15) is 13.2 Å². The number of halogens is 8. The van der Waals surface area contributed by atoms with Crippen LogP contribution >= 0.6 is 11.6 Å². The fourth-order valence-electron chi connectivity index (χ4n) is 5.41. The zero-order valence-corrected chi connectivity index (χ0v) is 27.3. The molecule has 1 heterocycles. The number of rotatable bonds is 12. The fraction of sp³-hybridized carbons (Fsp3) is 0.250. The summed E-state index contributed by atoms with van der Waals surface area (Å²) in [4.78, 5) is 9.23. The Balaban J connectivity index is 2.23. The van der Waals surface area contributed by atoms with Gasteiger partial charge >= 0.3 is 6.18 Å². The van der Waals surface area contributed by atoms with Crippen LogP contribution in [-0.2, 0) is 6.18 Å². The van der Waals surface area contributed by atoms with Gasteiger partial charge in [0.25, 0.3) is 5.91 Å². The van der Waals surface area contributed by atoms with Crippen LogP contribution in [0.15, 0.2) is 55.8 Å². The minimum absolute atomic E-state index is 0.0176. The molecule has 0 aliphatic rings. The summed E-state index contributed by atoms with van der Waals surface area (Å²) < 4.78 is 101. The van der Waals surface area contributed by atoms with Gasteiger partial charge in [-0.25, -0.2) is 27.5 Å². The van der Waals surface area contributed by atoms with E-state index < -0.39 is 70.3 Å². The van der Waals surface area contributed by atoms with E-state index in [1.54, 1.807) is 0 Å². The van der Waals surface area contributed by atoms with Gasteiger partial charge in [0.1, 0.15) is 23.3 Å². The van der Waals surface area contributed by atoms with Gasteiger partial charge in [-0.1, -0.05) is 30.8 Å². The molecule has 2 unspecified atom stereocenters. The second kappa shape index (κ2) is 14.1. The van der Waals surface area contributed by atoms with Crippen molar-refractivity contribution in [2.75, 3.05) is 36.0 Å². The molecule has 0 saturated carbocycles. The Morgan fingerprint density at radius 3 is 2.24 bits per heavy atom. The van der Waals surface area contributed by atoms with Crippen molar-refractivity contribution in [3.05, 3.63) is 100 Å². The summed E-state index contributed by atoms with van der Waals surface area (Å²) in [7, 11) is 7.32. The van der Waals surface area contributed by atoms with E-state index in [1.165, 1.54) is 20.0 Å². The Hall–Kier alpha value is -4.42. The van der Waals surface area contributed by atoms with Crippen LogP contribution in [-0.4, -0.2) is 65.7 Å². The maximum absolute atomic E-state index is 14.7. The second-order valence-electron chi connectivity index (χ2n) is 10.9. The zero-order chi connectivity index (χ0) is 37.5. The molecule has 4 aromatic rings. The number of aryl methyl sites for hydroxylation is 1. The quantitative estimate of drug-likeness (QED) is 0.0496. The third-order valence-electron chi connectivity index (χ3n) is 7.78. The van der Waals surface area contributed by atoms with Gasteiger partial charge < -0.3 is 35.8 Å². The van der Waals surface area contributed by atoms with E-state index in [-0.39, 0.29) is 45.0 Å². The highest BCUT2D eigenvalue weighted by molar-refractivity contribution is 6.31. The molecule has 2 atom stereocenters. The average molecular weight is 725 g/mol. The second-order valence-corrected chi connectivity index (χ2v) is 11.3. The van der Waals surface area contributed by atoms with Crippen molar-refractivity contribution in [3.8, 4) is 0 Å². The number of likely N-dealkylation sites (N-methyl/N-ethyl adjacent to an activating group) is 1. The largest absolute Gasteiger partial charge is 0.418 e. The third-order valence-corrected chi connectivity index (χ3v) is 8.13. The van der Waals surface area contributed by atoms with Crippen molar-refractivity contribution < 1.29 is 46.1 Å². The van der Waals surface area contributed by atoms with Crippen LogP contribution in [0.5, 0.6) is 0 Å². The number of fused-ring (bicyclic) bond motifs is 1. The first-order valence-electron chi connectivity index (χ1n) is 14.3. The molecule has 4 rings (SSSR count). The summed E-state index contributed by atoms with van der Waals surface area (Å²) in [6.45, 7) is 7.29. The smallest absolute Gasteiger partial charge is 0.364 e. The molecule has 3 aromatic carbocycles. The van der Waals surface area contributed by atoms with Crippen molar-refractivity contribution in [3.63, 3.8) is 0 Å². The molecule has 0 amide bonds. The molecule has 0 fully saturated rings. The summed E-state index contributed by atoms with van der Waals surface area (Å²) in [6.07, 6.45) is -2.91.